The molecule has 1 amide bonds. The van der Waals surface area contributed by atoms with E-state index in [9.17, 15) is 4.79 Å². The Balaban J connectivity index is 2.37. The van der Waals surface area contributed by atoms with E-state index < -0.39 is 0 Å². The number of hydrogen-bond donors (Lipinski definition) is 3. The van der Waals surface area contributed by atoms with Crippen molar-refractivity contribution < 1.29 is 4.79 Å². The number of amides is 1. The Hall–Kier alpha value is -1.56. The molecule has 118 valence electrons. The van der Waals surface area contributed by atoms with Crippen molar-refractivity contribution in [2.24, 2.45) is 10.9 Å². The number of carbonyl (C=O) groups excluding carboxylic acids is 1. The topological polar surface area (TPSA) is 65.5 Å². The van der Waals surface area contributed by atoms with E-state index in [-0.39, 0.29) is 11.8 Å². The van der Waals surface area contributed by atoms with E-state index in [2.05, 4.69) is 40.0 Å². The summed E-state index contributed by atoms with van der Waals surface area (Å²) < 4.78 is 0. The van der Waals surface area contributed by atoms with Crippen LogP contribution in [0, 0.1) is 12.8 Å². The van der Waals surface area contributed by atoms with Crippen LogP contribution in [-0.2, 0) is 11.3 Å². The molecule has 0 aliphatic rings. The Kier molecular flexibility index (Phi) is 7.82. The number of nitrogens with one attached hydrogen (secondary N) is 3. The monoisotopic (exact) mass is 310 g/mol. The fourth-order valence-electron chi connectivity index (χ4n) is 1.64. The van der Waals surface area contributed by atoms with Crippen molar-refractivity contribution in [1.29, 1.82) is 0 Å². The van der Waals surface area contributed by atoms with Crippen LogP contribution in [0.2, 0.25) is 0 Å². The molecule has 6 heteroatoms. The highest BCUT2D eigenvalue weighted by atomic mass is 32.1. The third kappa shape index (κ3) is 7.13. The van der Waals surface area contributed by atoms with E-state index in [1.165, 1.54) is 9.75 Å². The van der Waals surface area contributed by atoms with Gasteiger partial charge < -0.3 is 16.0 Å². The molecule has 0 spiro atoms. The lowest BCUT2D eigenvalue weighted by atomic mass is 10.2. The lowest BCUT2D eigenvalue weighted by molar-refractivity contribution is -0.123. The minimum absolute atomic E-state index is 0.0222. The van der Waals surface area contributed by atoms with Crippen LogP contribution in [-0.4, -0.2) is 31.5 Å². The highest BCUT2D eigenvalue weighted by Gasteiger charge is 2.05. The van der Waals surface area contributed by atoms with Crippen molar-refractivity contribution in [3.05, 3.63) is 21.9 Å². The summed E-state index contributed by atoms with van der Waals surface area (Å²) in [6.45, 7) is 10.6. The van der Waals surface area contributed by atoms with Gasteiger partial charge in [0.2, 0.25) is 5.91 Å². The van der Waals surface area contributed by atoms with Gasteiger partial charge in [-0.3, -0.25) is 4.79 Å². The van der Waals surface area contributed by atoms with Crippen molar-refractivity contribution in [3.8, 4) is 0 Å². The lowest BCUT2D eigenvalue weighted by Gasteiger charge is -2.12. The second-order valence-corrected chi connectivity index (χ2v) is 6.45. The number of guanidine groups is 1. The first-order chi connectivity index (χ1) is 10.0. The quantitative estimate of drug-likeness (QED) is 0.409. The minimum atomic E-state index is 0.0222. The molecule has 0 atom stereocenters. The molecular formula is C15H26N4OS. The molecule has 0 radical (unpaired) electrons. The molecule has 0 aliphatic heterocycles. The highest BCUT2D eigenvalue weighted by Crippen LogP contribution is 2.15. The smallest absolute Gasteiger partial charge is 0.222 e. The van der Waals surface area contributed by atoms with E-state index in [4.69, 9.17) is 0 Å². The average molecular weight is 310 g/mol. The van der Waals surface area contributed by atoms with E-state index in [1.54, 1.807) is 11.3 Å². The fourth-order valence-corrected chi connectivity index (χ4v) is 2.45. The zero-order chi connectivity index (χ0) is 15.7. The van der Waals surface area contributed by atoms with Crippen LogP contribution in [0.25, 0.3) is 0 Å². The summed E-state index contributed by atoms with van der Waals surface area (Å²) in [6, 6.07) is 4.22. The predicted molar refractivity (Wildman–Crippen MR) is 89.7 cm³/mol. The van der Waals surface area contributed by atoms with Crippen molar-refractivity contribution in [2.45, 2.75) is 34.2 Å². The number of aliphatic imine (C=N–C) groups is 1. The zero-order valence-corrected chi connectivity index (χ0v) is 14.1. The standard InChI is InChI=1S/C15H26N4OS/c1-5-16-15(18-9-8-17-14(20)11(2)3)19-10-13-7-6-12(4)21-13/h6-7,11H,5,8-10H2,1-4H3,(H,17,20)(H2,16,18,19). The number of rotatable bonds is 7. The molecule has 0 aromatic carbocycles. The Labute approximate surface area is 131 Å². The van der Waals surface area contributed by atoms with Gasteiger partial charge in [0.1, 0.15) is 0 Å². The summed E-state index contributed by atoms with van der Waals surface area (Å²) in [6.07, 6.45) is 0. The molecule has 0 fully saturated rings. The first kappa shape index (κ1) is 17.5. The van der Waals surface area contributed by atoms with Crippen LogP contribution < -0.4 is 16.0 Å². The average Bonchev–Trinajstić information content (AvgIpc) is 2.86. The summed E-state index contributed by atoms with van der Waals surface area (Å²) in [5.41, 5.74) is 0. The van der Waals surface area contributed by atoms with Crippen LogP contribution >= 0.6 is 11.3 Å². The third-order valence-corrected chi connectivity index (χ3v) is 3.76. The second-order valence-electron chi connectivity index (χ2n) is 5.08. The summed E-state index contributed by atoms with van der Waals surface area (Å²) in [5, 5.41) is 9.30. The molecule has 1 heterocycles. The molecule has 3 N–H and O–H groups in total. The molecule has 1 aromatic heterocycles. The maximum Gasteiger partial charge on any atom is 0.222 e. The SMILES string of the molecule is CCNC(=NCc1ccc(C)s1)NCCNC(=O)C(C)C. The Morgan fingerprint density at radius 1 is 1.24 bits per heavy atom. The summed E-state index contributed by atoms with van der Waals surface area (Å²) in [7, 11) is 0. The lowest BCUT2D eigenvalue weighted by Crippen LogP contribution is -2.42. The first-order valence-electron chi connectivity index (χ1n) is 7.38. The molecule has 5 nitrogen and oxygen atoms in total. The molecule has 21 heavy (non-hydrogen) atoms. The first-order valence-corrected chi connectivity index (χ1v) is 8.19. The number of nitrogens with zero attached hydrogens (tertiary/aromatic N) is 1. The van der Waals surface area contributed by atoms with Gasteiger partial charge in [0.25, 0.3) is 0 Å². The normalized spacial score (nSPS) is 11.6. The van der Waals surface area contributed by atoms with Crippen LogP contribution in [0.15, 0.2) is 17.1 Å². The van der Waals surface area contributed by atoms with Gasteiger partial charge in [-0.15, -0.1) is 11.3 Å². The number of thiophene rings is 1. The van der Waals surface area contributed by atoms with E-state index in [0.29, 0.717) is 19.6 Å². The van der Waals surface area contributed by atoms with Gasteiger partial charge in [-0.25, -0.2) is 4.99 Å². The summed E-state index contributed by atoms with van der Waals surface area (Å²) in [4.78, 5) is 18.5. The molecule has 0 bridgehead atoms. The molecular weight excluding hydrogens is 284 g/mol. The van der Waals surface area contributed by atoms with Gasteiger partial charge in [-0.2, -0.15) is 0 Å². The zero-order valence-electron chi connectivity index (χ0n) is 13.3. The fraction of sp³-hybridized carbons (Fsp3) is 0.600. The van der Waals surface area contributed by atoms with Crippen LogP contribution in [0.1, 0.15) is 30.5 Å². The van der Waals surface area contributed by atoms with Crippen LogP contribution in [0.3, 0.4) is 0 Å². The molecule has 0 unspecified atom stereocenters. The molecule has 1 aromatic rings. The highest BCUT2D eigenvalue weighted by molar-refractivity contribution is 7.11. The maximum absolute atomic E-state index is 11.4. The third-order valence-electron chi connectivity index (χ3n) is 2.77. The summed E-state index contributed by atoms with van der Waals surface area (Å²) in [5.74, 6) is 0.879. The van der Waals surface area contributed by atoms with Crippen molar-refractivity contribution in [1.82, 2.24) is 16.0 Å². The van der Waals surface area contributed by atoms with Gasteiger partial charge in [0, 0.05) is 35.3 Å². The minimum Gasteiger partial charge on any atom is -0.357 e. The van der Waals surface area contributed by atoms with Crippen molar-refractivity contribution in [2.75, 3.05) is 19.6 Å². The second kappa shape index (κ2) is 9.39. The number of hydrogen-bond acceptors (Lipinski definition) is 3. The Morgan fingerprint density at radius 2 is 1.95 bits per heavy atom. The van der Waals surface area contributed by atoms with Gasteiger partial charge >= 0.3 is 0 Å². The van der Waals surface area contributed by atoms with E-state index in [0.717, 1.165) is 12.5 Å². The van der Waals surface area contributed by atoms with Crippen molar-refractivity contribution >= 4 is 23.2 Å². The van der Waals surface area contributed by atoms with Crippen LogP contribution in [0.5, 0.6) is 0 Å². The number of aryl methyl sites for hydroxylation is 1. The van der Waals surface area contributed by atoms with Gasteiger partial charge in [-0.05, 0) is 26.0 Å². The molecule has 0 saturated carbocycles. The van der Waals surface area contributed by atoms with E-state index >= 15 is 0 Å². The Bertz CT molecular complexity index is 468. The Morgan fingerprint density at radius 3 is 2.52 bits per heavy atom. The maximum atomic E-state index is 11.4. The molecule has 0 aliphatic carbocycles. The molecule has 1 rings (SSSR count). The predicted octanol–water partition coefficient (Wildman–Crippen LogP) is 1.88. The van der Waals surface area contributed by atoms with Gasteiger partial charge in [0.05, 0.1) is 6.54 Å². The van der Waals surface area contributed by atoms with Gasteiger partial charge in [0.15, 0.2) is 5.96 Å². The summed E-state index contributed by atoms with van der Waals surface area (Å²) >= 11 is 1.76. The molecule has 0 saturated heterocycles. The van der Waals surface area contributed by atoms with E-state index in [1.807, 2.05) is 20.8 Å². The largest absolute Gasteiger partial charge is 0.357 e. The number of carbonyl (C=O) groups is 1. The van der Waals surface area contributed by atoms with Crippen molar-refractivity contribution in [3.63, 3.8) is 0 Å². The van der Waals surface area contributed by atoms with Gasteiger partial charge in [-0.1, -0.05) is 13.8 Å². The van der Waals surface area contributed by atoms with Crippen LogP contribution in [0.4, 0.5) is 0 Å².